The molecule has 4 N–H and O–H groups in total. The average Bonchev–Trinajstić information content (AvgIpc) is 3.46. The van der Waals surface area contributed by atoms with E-state index < -0.39 is 11.6 Å². The van der Waals surface area contributed by atoms with Crippen LogP contribution in [0.3, 0.4) is 0 Å². The normalized spacial score (nSPS) is 22.1. The minimum Gasteiger partial charge on any atom is -0.507 e. The van der Waals surface area contributed by atoms with Gasteiger partial charge in [0, 0.05) is 50.6 Å². The van der Waals surface area contributed by atoms with Gasteiger partial charge in [0.2, 0.25) is 11.6 Å². The van der Waals surface area contributed by atoms with Gasteiger partial charge in [0.1, 0.15) is 24.0 Å². The Kier molecular flexibility index (Phi) is 6.85. The average molecular weight is 497 g/mol. The van der Waals surface area contributed by atoms with Gasteiger partial charge >= 0.3 is 0 Å². The first-order chi connectivity index (χ1) is 17.4. The van der Waals surface area contributed by atoms with E-state index in [-0.39, 0.29) is 46.2 Å². The molecule has 0 bridgehead atoms. The Morgan fingerprint density at radius 2 is 1.17 bits per heavy atom. The first-order valence-electron chi connectivity index (χ1n) is 12.4. The molecule has 2 saturated heterocycles. The molecule has 1 aliphatic carbocycles. The van der Waals surface area contributed by atoms with Crippen LogP contribution in [0.2, 0.25) is 0 Å². The van der Waals surface area contributed by atoms with E-state index in [9.17, 15) is 19.8 Å². The summed E-state index contributed by atoms with van der Waals surface area (Å²) in [7, 11) is 0. The zero-order valence-electron chi connectivity index (χ0n) is 20.5. The van der Waals surface area contributed by atoms with Crippen molar-refractivity contribution in [3.63, 3.8) is 0 Å². The smallest absolute Gasteiger partial charge is 0.200 e. The predicted octanol–water partition coefficient (Wildman–Crippen LogP) is 2.05. The van der Waals surface area contributed by atoms with Gasteiger partial charge < -0.3 is 30.3 Å². The van der Waals surface area contributed by atoms with Crippen molar-refractivity contribution in [2.24, 2.45) is 0 Å². The molecule has 3 aliphatic rings. The fourth-order valence-corrected chi connectivity index (χ4v) is 5.17. The summed E-state index contributed by atoms with van der Waals surface area (Å²) in [6, 6.07) is 6.02. The lowest BCUT2D eigenvalue weighted by atomic mass is 9.81. The van der Waals surface area contributed by atoms with Crippen LogP contribution in [-0.4, -0.2) is 96.5 Å². The fourth-order valence-electron chi connectivity index (χ4n) is 5.17. The van der Waals surface area contributed by atoms with Gasteiger partial charge in [-0.15, -0.1) is 0 Å². The lowest BCUT2D eigenvalue weighted by Crippen LogP contribution is -2.33. The van der Waals surface area contributed by atoms with E-state index in [0.29, 0.717) is 50.8 Å². The summed E-state index contributed by atoms with van der Waals surface area (Å²) in [6.45, 7) is 9.54. The molecule has 10 nitrogen and oxygen atoms in total. The van der Waals surface area contributed by atoms with Gasteiger partial charge in [-0.05, 0) is 38.1 Å². The molecule has 2 aromatic carbocycles. The first kappa shape index (κ1) is 24.5. The molecule has 36 heavy (non-hydrogen) atoms. The molecule has 2 heterocycles. The number of carbonyl (C=O) groups excluding carboxylic acids is 2. The third kappa shape index (κ3) is 4.41. The molecule has 5 rings (SSSR count). The maximum absolute atomic E-state index is 13.7. The maximum Gasteiger partial charge on any atom is 0.200 e. The number of phenolic OH excluding ortho intramolecular Hbond substituents is 2. The number of ether oxygens (including phenoxy) is 2. The Balaban J connectivity index is 1.45. The van der Waals surface area contributed by atoms with Crippen LogP contribution in [-0.2, 0) is 9.47 Å². The second-order valence-electron chi connectivity index (χ2n) is 9.29. The summed E-state index contributed by atoms with van der Waals surface area (Å²) < 4.78 is 11.2. The monoisotopic (exact) mass is 496 g/mol. The molecule has 0 aromatic heterocycles. The minimum absolute atomic E-state index is 0.0334. The Labute approximate surface area is 209 Å². The molecule has 192 valence electrons. The standard InChI is InChI=1S/C26H32N4O6/c1-15-29(11-13-35-15)9-7-27-17-3-4-18(28-8-10-30-12-14-36-16(30)2)22-21(17)25(33)23-19(31)5-6-20(32)24(23)26(22)34/h3-6,15-16,27-28,31-32H,7-14H2,1-2H3. The summed E-state index contributed by atoms with van der Waals surface area (Å²) in [5.74, 6) is -1.67. The Hall–Kier alpha value is -3.18. The van der Waals surface area contributed by atoms with Crippen LogP contribution in [0, 0.1) is 0 Å². The van der Waals surface area contributed by atoms with Gasteiger partial charge in [0.15, 0.2) is 0 Å². The second-order valence-corrected chi connectivity index (χ2v) is 9.29. The number of phenols is 2. The predicted molar refractivity (Wildman–Crippen MR) is 134 cm³/mol. The maximum atomic E-state index is 13.7. The molecule has 2 aromatic rings. The van der Waals surface area contributed by atoms with Crippen LogP contribution < -0.4 is 10.6 Å². The Bertz CT molecular complexity index is 1100. The topological polar surface area (TPSA) is 124 Å². The molecular weight excluding hydrogens is 464 g/mol. The van der Waals surface area contributed by atoms with E-state index in [0.717, 1.165) is 13.1 Å². The number of ketones is 2. The van der Waals surface area contributed by atoms with Gasteiger partial charge in [-0.25, -0.2) is 0 Å². The zero-order valence-corrected chi connectivity index (χ0v) is 20.5. The second kappa shape index (κ2) is 10.1. The van der Waals surface area contributed by atoms with Gasteiger partial charge in [-0.1, -0.05) is 0 Å². The highest BCUT2D eigenvalue weighted by atomic mass is 16.5. The molecular formula is C26H32N4O6. The Morgan fingerprint density at radius 1 is 0.750 bits per heavy atom. The lowest BCUT2D eigenvalue weighted by Gasteiger charge is -2.26. The van der Waals surface area contributed by atoms with Crippen molar-refractivity contribution in [1.29, 1.82) is 0 Å². The highest BCUT2D eigenvalue weighted by Crippen LogP contribution is 2.42. The van der Waals surface area contributed by atoms with Crippen molar-refractivity contribution in [3.05, 3.63) is 46.5 Å². The number of carbonyl (C=O) groups is 2. The zero-order chi connectivity index (χ0) is 25.4. The highest BCUT2D eigenvalue weighted by Gasteiger charge is 2.38. The summed E-state index contributed by atoms with van der Waals surface area (Å²) in [5, 5.41) is 27.5. The number of hydrogen-bond donors (Lipinski definition) is 4. The fraction of sp³-hybridized carbons (Fsp3) is 0.462. The number of nitrogens with one attached hydrogen (secondary N) is 2. The van der Waals surface area contributed by atoms with Gasteiger partial charge in [0.05, 0.1) is 35.5 Å². The van der Waals surface area contributed by atoms with Crippen LogP contribution in [0.25, 0.3) is 0 Å². The van der Waals surface area contributed by atoms with Crippen LogP contribution in [0.5, 0.6) is 11.5 Å². The summed E-state index contributed by atoms with van der Waals surface area (Å²) in [6.07, 6.45) is 0.0667. The molecule has 0 saturated carbocycles. The van der Waals surface area contributed by atoms with Crippen LogP contribution in [0.1, 0.15) is 45.7 Å². The highest BCUT2D eigenvalue weighted by molar-refractivity contribution is 6.33. The Morgan fingerprint density at radius 3 is 1.53 bits per heavy atom. The largest absolute Gasteiger partial charge is 0.507 e. The quantitative estimate of drug-likeness (QED) is 0.345. The van der Waals surface area contributed by atoms with Crippen molar-refractivity contribution in [2.75, 3.05) is 63.1 Å². The van der Waals surface area contributed by atoms with Crippen molar-refractivity contribution >= 4 is 22.9 Å². The number of benzene rings is 2. The third-order valence-electron chi connectivity index (χ3n) is 7.21. The number of fused-ring (bicyclic) bond motifs is 2. The summed E-state index contributed by atoms with van der Waals surface area (Å²) in [5.41, 5.74) is 1.08. The van der Waals surface area contributed by atoms with Gasteiger partial charge in [-0.3, -0.25) is 19.4 Å². The molecule has 0 spiro atoms. The van der Waals surface area contributed by atoms with Crippen molar-refractivity contribution in [3.8, 4) is 11.5 Å². The van der Waals surface area contributed by atoms with Crippen LogP contribution >= 0.6 is 0 Å². The van der Waals surface area contributed by atoms with E-state index in [1.54, 1.807) is 12.1 Å². The molecule has 10 heteroatoms. The summed E-state index contributed by atoms with van der Waals surface area (Å²) >= 11 is 0. The van der Waals surface area contributed by atoms with E-state index in [4.69, 9.17) is 9.47 Å². The number of anilines is 2. The molecule has 2 fully saturated rings. The molecule has 0 amide bonds. The van der Waals surface area contributed by atoms with E-state index in [1.807, 2.05) is 13.8 Å². The SMILES string of the molecule is CC1OCCN1CCNc1ccc(NCCN2CCOC2C)c2c1C(=O)c1c(O)ccc(O)c1C2=O. The number of rotatable bonds is 8. The number of aromatic hydroxyl groups is 2. The van der Waals surface area contributed by atoms with Crippen molar-refractivity contribution in [1.82, 2.24) is 9.80 Å². The van der Waals surface area contributed by atoms with E-state index in [1.165, 1.54) is 12.1 Å². The molecule has 2 aliphatic heterocycles. The number of hydrogen-bond acceptors (Lipinski definition) is 10. The van der Waals surface area contributed by atoms with E-state index in [2.05, 4.69) is 20.4 Å². The summed E-state index contributed by atoms with van der Waals surface area (Å²) in [4.78, 5) is 31.7. The lowest BCUT2D eigenvalue weighted by molar-refractivity contribution is 0.0516. The molecule has 2 atom stereocenters. The van der Waals surface area contributed by atoms with Gasteiger partial charge in [-0.2, -0.15) is 0 Å². The van der Waals surface area contributed by atoms with Crippen LogP contribution in [0.15, 0.2) is 24.3 Å². The van der Waals surface area contributed by atoms with Crippen LogP contribution in [0.4, 0.5) is 11.4 Å². The minimum atomic E-state index is -0.501. The van der Waals surface area contributed by atoms with Crippen molar-refractivity contribution in [2.45, 2.75) is 26.3 Å². The van der Waals surface area contributed by atoms with Crippen molar-refractivity contribution < 1.29 is 29.3 Å². The number of nitrogens with zero attached hydrogens (tertiary/aromatic N) is 2. The molecule has 2 unspecified atom stereocenters. The first-order valence-corrected chi connectivity index (χ1v) is 12.4. The van der Waals surface area contributed by atoms with E-state index >= 15 is 0 Å². The van der Waals surface area contributed by atoms with Gasteiger partial charge in [0.25, 0.3) is 0 Å². The molecule has 0 radical (unpaired) electrons. The third-order valence-corrected chi connectivity index (χ3v) is 7.21.